The summed E-state index contributed by atoms with van der Waals surface area (Å²) < 4.78 is 0. The maximum Gasteiger partial charge on any atom is 0.222 e. The fourth-order valence-electron chi connectivity index (χ4n) is 2.33. The minimum Gasteiger partial charge on any atom is -0.340 e. The second kappa shape index (κ2) is 6.11. The van der Waals surface area contributed by atoms with Crippen molar-refractivity contribution in [3.63, 3.8) is 0 Å². The number of nitrogens with two attached hydrogens (primary N) is 1. The molecule has 1 rings (SSSR count). The smallest absolute Gasteiger partial charge is 0.222 e. The van der Waals surface area contributed by atoms with Gasteiger partial charge >= 0.3 is 0 Å². The van der Waals surface area contributed by atoms with E-state index in [0.717, 1.165) is 32.2 Å². The summed E-state index contributed by atoms with van der Waals surface area (Å²) in [5, 5.41) is 0. The molecular weight excluding hydrogens is 188 g/mol. The highest BCUT2D eigenvalue weighted by atomic mass is 16.2. The molecule has 1 fully saturated rings. The third-order valence-corrected chi connectivity index (χ3v) is 3.31. The Bertz CT molecular complexity index is 206. The topological polar surface area (TPSA) is 46.3 Å². The van der Waals surface area contributed by atoms with E-state index in [2.05, 4.69) is 13.8 Å². The Kier molecular flexibility index (Phi) is 5.09. The average molecular weight is 212 g/mol. The van der Waals surface area contributed by atoms with Crippen molar-refractivity contribution in [1.82, 2.24) is 4.90 Å². The van der Waals surface area contributed by atoms with Crippen LogP contribution in [0.1, 0.15) is 46.0 Å². The largest absolute Gasteiger partial charge is 0.340 e. The predicted octanol–water partition coefficient (Wildman–Crippen LogP) is 1.76. The molecule has 2 N–H and O–H groups in total. The molecule has 2 unspecified atom stereocenters. The van der Waals surface area contributed by atoms with Crippen molar-refractivity contribution in [3.05, 3.63) is 0 Å². The number of amides is 1. The molecule has 3 nitrogen and oxygen atoms in total. The third kappa shape index (κ3) is 3.49. The van der Waals surface area contributed by atoms with Crippen LogP contribution in [0.4, 0.5) is 0 Å². The van der Waals surface area contributed by atoms with Gasteiger partial charge < -0.3 is 10.6 Å². The van der Waals surface area contributed by atoms with E-state index >= 15 is 0 Å². The van der Waals surface area contributed by atoms with Crippen LogP contribution in [0.2, 0.25) is 0 Å². The van der Waals surface area contributed by atoms with Crippen LogP contribution in [-0.4, -0.2) is 29.9 Å². The van der Waals surface area contributed by atoms with Crippen molar-refractivity contribution >= 4 is 5.91 Å². The lowest BCUT2D eigenvalue weighted by molar-refractivity contribution is -0.131. The summed E-state index contributed by atoms with van der Waals surface area (Å²) >= 11 is 0. The highest BCUT2D eigenvalue weighted by molar-refractivity contribution is 5.76. The van der Waals surface area contributed by atoms with Crippen LogP contribution in [-0.2, 0) is 4.79 Å². The normalized spacial score (nSPS) is 25.9. The van der Waals surface area contributed by atoms with E-state index in [1.807, 2.05) is 4.90 Å². The standard InChI is InChI=1S/C12H24N2O/c1-3-4-5-6-12(15)14-9-11(8-13)7-10(14)2/h10-11H,3-9,13H2,1-2H3. The van der Waals surface area contributed by atoms with Crippen LogP contribution in [0.15, 0.2) is 0 Å². The minimum atomic E-state index is 0.326. The first kappa shape index (κ1) is 12.5. The maximum atomic E-state index is 11.9. The Morgan fingerprint density at radius 2 is 2.20 bits per heavy atom. The lowest BCUT2D eigenvalue weighted by Crippen LogP contribution is -2.34. The summed E-state index contributed by atoms with van der Waals surface area (Å²) in [6.07, 6.45) is 5.17. The fourth-order valence-corrected chi connectivity index (χ4v) is 2.33. The zero-order valence-corrected chi connectivity index (χ0v) is 10.0. The molecule has 0 aromatic heterocycles. The van der Waals surface area contributed by atoms with Crippen LogP contribution in [0.5, 0.6) is 0 Å². The van der Waals surface area contributed by atoms with E-state index < -0.39 is 0 Å². The second-order valence-corrected chi connectivity index (χ2v) is 4.69. The number of carbonyl (C=O) groups is 1. The van der Waals surface area contributed by atoms with Crippen molar-refractivity contribution < 1.29 is 4.79 Å². The van der Waals surface area contributed by atoms with Crippen molar-refractivity contribution in [2.24, 2.45) is 11.7 Å². The Labute approximate surface area is 93.0 Å². The molecular formula is C12H24N2O. The molecule has 1 aliphatic heterocycles. The number of nitrogens with zero attached hydrogens (tertiary/aromatic N) is 1. The SMILES string of the molecule is CCCCCC(=O)N1CC(CN)CC1C. The average Bonchev–Trinajstić information content (AvgIpc) is 2.60. The molecule has 15 heavy (non-hydrogen) atoms. The second-order valence-electron chi connectivity index (χ2n) is 4.69. The Hall–Kier alpha value is -0.570. The van der Waals surface area contributed by atoms with Gasteiger partial charge in [0.1, 0.15) is 0 Å². The zero-order valence-electron chi connectivity index (χ0n) is 10.0. The molecule has 1 aliphatic rings. The molecule has 0 aromatic carbocycles. The fraction of sp³-hybridized carbons (Fsp3) is 0.917. The molecule has 1 amide bonds. The van der Waals surface area contributed by atoms with Crippen molar-refractivity contribution in [2.75, 3.05) is 13.1 Å². The molecule has 0 saturated carbocycles. The number of hydrogen-bond acceptors (Lipinski definition) is 2. The molecule has 2 atom stereocenters. The lowest BCUT2D eigenvalue weighted by atomic mass is 10.1. The van der Waals surface area contributed by atoms with E-state index in [4.69, 9.17) is 5.73 Å². The predicted molar refractivity (Wildman–Crippen MR) is 62.5 cm³/mol. The minimum absolute atomic E-state index is 0.326. The monoisotopic (exact) mass is 212 g/mol. The van der Waals surface area contributed by atoms with Gasteiger partial charge in [-0.2, -0.15) is 0 Å². The van der Waals surface area contributed by atoms with Gasteiger partial charge in [-0.05, 0) is 32.2 Å². The summed E-state index contributed by atoms with van der Waals surface area (Å²) in [4.78, 5) is 13.9. The first-order chi connectivity index (χ1) is 7.19. The van der Waals surface area contributed by atoms with E-state index in [1.165, 1.54) is 6.42 Å². The quantitative estimate of drug-likeness (QED) is 0.706. The van der Waals surface area contributed by atoms with Gasteiger partial charge in [-0.1, -0.05) is 19.8 Å². The molecule has 0 bridgehead atoms. The van der Waals surface area contributed by atoms with E-state index in [9.17, 15) is 4.79 Å². The number of unbranched alkanes of at least 4 members (excludes halogenated alkanes) is 2. The Morgan fingerprint density at radius 3 is 2.73 bits per heavy atom. The van der Waals surface area contributed by atoms with Gasteiger partial charge in [-0.25, -0.2) is 0 Å². The van der Waals surface area contributed by atoms with Gasteiger partial charge in [-0.15, -0.1) is 0 Å². The summed E-state index contributed by atoms with van der Waals surface area (Å²) in [6.45, 7) is 5.88. The number of rotatable bonds is 5. The van der Waals surface area contributed by atoms with Gasteiger partial charge in [-0.3, -0.25) is 4.79 Å². The van der Waals surface area contributed by atoms with E-state index in [0.29, 0.717) is 24.4 Å². The van der Waals surface area contributed by atoms with E-state index in [-0.39, 0.29) is 0 Å². The lowest BCUT2D eigenvalue weighted by Gasteiger charge is -2.21. The molecule has 1 saturated heterocycles. The van der Waals surface area contributed by atoms with Crippen molar-refractivity contribution in [3.8, 4) is 0 Å². The zero-order chi connectivity index (χ0) is 11.3. The van der Waals surface area contributed by atoms with Crippen LogP contribution >= 0.6 is 0 Å². The summed E-state index contributed by atoms with van der Waals surface area (Å²) in [6, 6.07) is 0.396. The molecule has 0 aromatic rings. The Morgan fingerprint density at radius 1 is 1.47 bits per heavy atom. The van der Waals surface area contributed by atoms with Gasteiger partial charge in [0, 0.05) is 19.0 Å². The first-order valence-electron chi connectivity index (χ1n) is 6.18. The highest BCUT2D eigenvalue weighted by Gasteiger charge is 2.30. The summed E-state index contributed by atoms with van der Waals surface area (Å²) in [5.41, 5.74) is 5.64. The van der Waals surface area contributed by atoms with Gasteiger partial charge in [0.05, 0.1) is 0 Å². The molecule has 3 heteroatoms. The van der Waals surface area contributed by atoms with Crippen molar-refractivity contribution in [1.29, 1.82) is 0 Å². The van der Waals surface area contributed by atoms with Gasteiger partial charge in [0.25, 0.3) is 0 Å². The molecule has 0 aliphatic carbocycles. The number of carbonyl (C=O) groups excluding carboxylic acids is 1. The summed E-state index contributed by atoms with van der Waals surface area (Å²) in [5.74, 6) is 0.849. The van der Waals surface area contributed by atoms with Crippen LogP contribution in [0.3, 0.4) is 0 Å². The number of likely N-dealkylation sites (tertiary alicyclic amines) is 1. The van der Waals surface area contributed by atoms with Gasteiger partial charge in [0.2, 0.25) is 5.91 Å². The molecule has 1 heterocycles. The molecule has 0 radical (unpaired) electrons. The van der Waals surface area contributed by atoms with Gasteiger partial charge in [0.15, 0.2) is 0 Å². The van der Waals surface area contributed by atoms with Crippen LogP contribution < -0.4 is 5.73 Å². The van der Waals surface area contributed by atoms with Crippen LogP contribution in [0.25, 0.3) is 0 Å². The first-order valence-corrected chi connectivity index (χ1v) is 6.18. The number of hydrogen-bond donors (Lipinski definition) is 1. The Balaban J connectivity index is 2.33. The maximum absolute atomic E-state index is 11.9. The molecule has 88 valence electrons. The van der Waals surface area contributed by atoms with Crippen molar-refractivity contribution in [2.45, 2.75) is 52.0 Å². The van der Waals surface area contributed by atoms with E-state index in [1.54, 1.807) is 0 Å². The highest BCUT2D eigenvalue weighted by Crippen LogP contribution is 2.23. The van der Waals surface area contributed by atoms with Crippen LogP contribution in [0, 0.1) is 5.92 Å². The third-order valence-electron chi connectivity index (χ3n) is 3.31. The summed E-state index contributed by atoms with van der Waals surface area (Å²) in [7, 11) is 0. The molecule has 0 spiro atoms.